The smallest absolute Gasteiger partial charge is 0.264 e. The first-order chi connectivity index (χ1) is 66.9. The van der Waals surface area contributed by atoms with Crippen molar-refractivity contribution in [2.24, 2.45) is 0 Å². The molecule has 42 nitrogen and oxygen atoms in total. The molecule has 5 atom stereocenters. The second kappa shape index (κ2) is 35.1. The molecular formula is C91H73N25O17S5. The number of nitrogens with one attached hydrogen (secondary N) is 7. The van der Waals surface area contributed by atoms with Crippen molar-refractivity contribution in [2.45, 2.75) is 38.1 Å². The molecule has 15 aromatic rings. The van der Waals surface area contributed by atoms with E-state index in [0.29, 0.717) is 93.6 Å². The number of ether oxygens (including phenoxy) is 6. The van der Waals surface area contributed by atoms with Gasteiger partial charge >= 0.3 is 0 Å². The van der Waals surface area contributed by atoms with Crippen molar-refractivity contribution in [3.63, 3.8) is 0 Å². The van der Waals surface area contributed by atoms with E-state index in [2.05, 4.69) is 109 Å². The van der Waals surface area contributed by atoms with Gasteiger partial charge in [0.05, 0.1) is 93.9 Å². The minimum atomic E-state index is -1.64. The van der Waals surface area contributed by atoms with E-state index >= 15 is 0 Å². The maximum atomic E-state index is 12.3. The molecular weight excluding hydrogens is 1880 g/mol. The molecule has 10 aromatic heterocycles. The molecule has 0 radical (unpaired) electrons. The van der Waals surface area contributed by atoms with Crippen molar-refractivity contribution >= 4 is 193 Å². The van der Waals surface area contributed by atoms with Crippen LogP contribution in [-0.2, 0) is 83.7 Å². The summed E-state index contributed by atoms with van der Waals surface area (Å²) in [5, 5.41) is 34.4. The molecule has 7 N–H and O–H groups in total. The first-order valence-electron chi connectivity index (χ1n) is 42.7. The van der Waals surface area contributed by atoms with Crippen LogP contribution in [0.1, 0.15) is 38.3 Å². The largest absolute Gasteiger partial charge is 0.489 e. The van der Waals surface area contributed by atoms with Crippen molar-refractivity contribution in [3.8, 4) is 90.8 Å². The summed E-state index contributed by atoms with van der Waals surface area (Å²) in [6.45, 7) is 8.49. The number of carbonyl (C=O) groups is 6. The topological polar surface area (TPSA) is 500 Å². The van der Waals surface area contributed by atoms with Crippen molar-refractivity contribution in [1.29, 1.82) is 0 Å². The number of hydrogen-bond acceptors (Lipinski definition) is 31. The number of rotatable bonds is 11. The number of carbonyl (C=O) groups excluding carboxylic acids is 6. The number of amides is 6. The zero-order valence-electron chi connectivity index (χ0n) is 72.7. The Morgan fingerprint density at radius 1 is 0.406 bits per heavy atom. The normalized spacial score (nSPS) is 19.4. The van der Waals surface area contributed by atoms with Crippen LogP contribution >= 0.6 is 0 Å². The molecule has 1 saturated carbocycles. The third-order valence-corrected chi connectivity index (χ3v) is 28.5. The summed E-state index contributed by atoms with van der Waals surface area (Å²) in [6.07, 6.45) is 24.1. The summed E-state index contributed by atoms with van der Waals surface area (Å²) >= 11 is 0. The number of pyridine rings is 4. The molecule has 5 unspecified atom stereocenters. The van der Waals surface area contributed by atoms with Gasteiger partial charge in [-0.2, -0.15) is 30.5 Å². The minimum Gasteiger partial charge on any atom is -0.489 e. The van der Waals surface area contributed by atoms with Gasteiger partial charge in [0, 0.05) is 136 Å². The Morgan fingerprint density at radius 3 is 1.43 bits per heavy atom. The summed E-state index contributed by atoms with van der Waals surface area (Å²) in [4.78, 5) is 99.2. The maximum absolute atomic E-state index is 12.3. The molecule has 0 saturated heterocycles. The van der Waals surface area contributed by atoms with E-state index in [0.717, 1.165) is 165 Å². The predicted molar refractivity (Wildman–Crippen MR) is 513 cm³/mol. The Hall–Kier alpha value is -16.4. The molecule has 26 rings (SSSR count). The third kappa shape index (κ3) is 16.8. The van der Waals surface area contributed by atoms with E-state index < -0.39 is 60.8 Å². The minimum absolute atomic E-state index is 0.0647. The lowest BCUT2D eigenvalue weighted by molar-refractivity contribution is -0.121. The van der Waals surface area contributed by atoms with E-state index in [4.69, 9.17) is 33.5 Å². The van der Waals surface area contributed by atoms with E-state index in [-0.39, 0.29) is 46.7 Å². The molecule has 6 amide bonds. The molecule has 0 spiro atoms. The first-order valence-corrected chi connectivity index (χ1v) is 48.4. The van der Waals surface area contributed by atoms with Gasteiger partial charge in [-0.1, -0.05) is 24.3 Å². The Morgan fingerprint density at radius 2 is 0.877 bits per heavy atom. The highest BCUT2D eigenvalue weighted by atomic mass is 32.2. The van der Waals surface area contributed by atoms with Crippen LogP contribution in [0.3, 0.4) is 0 Å². The van der Waals surface area contributed by atoms with Gasteiger partial charge in [0.25, 0.3) is 41.3 Å². The molecule has 10 aliphatic heterocycles. The molecule has 1 fully saturated rings. The van der Waals surface area contributed by atoms with Crippen LogP contribution in [0.2, 0.25) is 0 Å². The lowest BCUT2D eigenvalue weighted by Crippen LogP contribution is -2.41. The fourth-order valence-electron chi connectivity index (χ4n) is 16.3. The van der Waals surface area contributed by atoms with Gasteiger partial charge in [0.2, 0.25) is 5.88 Å². The number of fused-ring (bicyclic) bond motifs is 10. The average Bonchev–Trinajstić information content (AvgIpc) is 2.28. The van der Waals surface area contributed by atoms with Gasteiger partial charge in [-0.3, -0.25) is 57.4 Å². The number of likely N-dealkylation sites (N-methyl/N-ethyl adjacent to an activating group) is 2. The second-order valence-electron chi connectivity index (χ2n) is 33.1. The summed E-state index contributed by atoms with van der Waals surface area (Å²) in [7, 11) is -4.36. The average molecular weight is 1950 g/mol. The molecule has 20 heterocycles. The fourth-order valence-corrected chi connectivity index (χ4v) is 20.6. The Labute approximate surface area is 791 Å². The first kappa shape index (κ1) is 87.0. The lowest BCUT2D eigenvalue weighted by Gasteiger charge is -2.32. The highest BCUT2D eigenvalue weighted by molar-refractivity contribution is 7.94. The van der Waals surface area contributed by atoms with Gasteiger partial charge in [-0.25, -0.2) is 64.4 Å². The lowest BCUT2D eigenvalue weighted by atomic mass is 10.0. The number of hydrogen-bond donors (Lipinski definition) is 7. The Bertz CT molecular complexity index is 7940. The van der Waals surface area contributed by atoms with Crippen molar-refractivity contribution < 1.29 is 78.2 Å². The summed E-state index contributed by atoms with van der Waals surface area (Å²) < 4.78 is 113. The standard InChI is InChI=1S/C21H19N5O3S.C19H17N5O3S.C17H12N6O4S.C17H13N5O3S.C17H12N4O4S/c1-25-6-7-29-17-9-14(11-22-21(17)25)13-4-5-16-15(8-13)20(12-2-3-12)23-26(16)19-10-18(27)24-30(19)28;1-19(2)10-27-15-6-12(8-20-18(15)22-19)11-3-4-14-13(5-11)9-21-24(14)17-7-16(25)23-28(17)26;1-22-12-7-18-16(20-17(12)27-8-14(22)25)9-2-3-11-10(4-9)6-19-23(11)15-5-13(24)21-28(15)26;23-16-7-17(26(24)21-16)22-14-2-1-10(5-11(14)8-20-22)12-6-15-13(9-19-12)18-3-4-25-15;22-15-7-16(26(23)20-15)21-13-2-1-10(5-12(13)9-19-21)11-6-14-17(18-8-11)25-4-3-24-14/h4-5,8-12H,2-3,6-7H2,1H3,(H,24,27);3-9H,10H2,1-2H3,(H,20,22)(H,23,25);2-7H,8H2,1H3,(H,21,24);1-2,5-9,18H,3-4H2,(H,21,23);1-2,5-9H,3-4H2,(H,20,22). The molecule has 138 heavy (non-hydrogen) atoms. The highest BCUT2D eigenvalue weighted by Crippen LogP contribution is 2.46. The van der Waals surface area contributed by atoms with E-state index in [1.807, 2.05) is 110 Å². The van der Waals surface area contributed by atoms with Crippen LogP contribution in [0.25, 0.3) is 136 Å². The van der Waals surface area contributed by atoms with Crippen LogP contribution < -0.4 is 72.5 Å². The quantitative estimate of drug-likeness (QED) is 0.0643. The number of anilines is 4. The van der Waals surface area contributed by atoms with Gasteiger partial charge < -0.3 is 48.9 Å². The zero-order valence-corrected chi connectivity index (χ0v) is 76.8. The molecule has 5 aromatic carbocycles. The number of benzene rings is 5. The van der Waals surface area contributed by atoms with Gasteiger partial charge in [0.1, 0.15) is 44.5 Å². The van der Waals surface area contributed by atoms with E-state index in [1.54, 1.807) is 73.4 Å². The van der Waals surface area contributed by atoms with Crippen molar-refractivity contribution in [2.75, 3.05) is 87.3 Å². The van der Waals surface area contributed by atoms with Gasteiger partial charge in [0.15, 0.2) is 121 Å². The summed E-state index contributed by atoms with van der Waals surface area (Å²) in [6, 6.07) is 36.6. The third-order valence-electron chi connectivity index (χ3n) is 23.3. The number of nitrogens with zero attached hydrogens (tertiary/aromatic N) is 18. The van der Waals surface area contributed by atoms with Crippen LogP contribution in [0.15, 0.2) is 201 Å². The van der Waals surface area contributed by atoms with Gasteiger partial charge in [-0.15, -0.1) is 0 Å². The van der Waals surface area contributed by atoms with Crippen LogP contribution in [0.5, 0.6) is 34.8 Å². The van der Waals surface area contributed by atoms with Crippen LogP contribution in [-0.4, -0.2) is 208 Å². The fraction of sp³-hybridized carbons (Fsp3) is 0.176. The predicted octanol–water partition coefficient (Wildman–Crippen LogP) is 8.07. The second-order valence-corrected chi connectivity index (χ2v) is 38.9. The van der Waals surface area contributed by atoms with Crippen molar-refractivity contribution in [3.05, 3.63) is 207 Å². The molecule has 0 bridgehead atoms. The van der Waals surface area contributed by atoms with Gasteiger partial charge in [-0.05, 0) is 128 Å². The Kier molecular flexibility index (Phi) is 22.1. The molecule has 47 heteroatoms. The zero-order chi connectivity index (χ0) is 94.6. The Balaban J connectivity index is 0.0000000997. The number of aromatic nitrogens is 16. The van der Waals surface area contributed by atoms with Crippen LogP contribution in [0, 0.1) is 0 Å². The summed E-state index contributed by atoms with van der Waals surface area (Å²) in [5.41, 5.74) is 14.2. The monoisotopic (exact) mass is 1950 g/mol. The van der Waals surface area contributed by atoms with Crippen LogP contribution in [0.4, 0.5) is 23.0 Å². The summed E-state index contributed by atoms with van der Waals surface area (Å²) in [5.74, 6) is 4.11. The molecule has 694 valence electrons. The molecule has 1 aliphatic carbocycles. The molecule has 11 aliphatic rings. The van der Waals surface area contributed by atoms with E-state index in [9.17, 15) is 49.8 Å². The van der Waals surface area contributed by atoms with Crippen molar-refractivity contribution in [1.82, 2.24) is 102 Å². The highest BCUT2D eigenvalue weighted by Gasteiger charge is 2.36. The SMILES string of the molecule is CC1(C)COc2cc(-c3ccc4c(cnn4C4=CC(=O)NS4=O)c3)cnc2N1.CN1C(=O)COc2nc(-c3ccc4c(cnn4C4=CC(=O)NS4=O)c3)ncc21.CN1CCOc2cc(-c3ccc4c(c3)c(C3CC3)nn4C3=CC(=O)NS3=O)cnc21.O=C1C=C(n2ncc3cc(-c4cc5c(cn4)NCCO5)ccc32)S(=O)N1.O=C1C=C(n2ncc3cc(-c4cnc5c(c4)OCCO5)ccc32)S(=O)N1. The van der Waals surface area contributed by atoms with E-state index in [1.165, 1.54) is 54.0 Å². The maximum Gasteiger partial charge on any atom is 0.264 e.